The molecule has 1 fully saturated rings. The molecule has 0 saturated heterocycles. The summed E-state index contributed by atoms with van der Waals surface area (Å²) in [7, 11) is 0. The number of nitrogens with zero attached hydrogens (tertiary/aromatic N) is 2. The highest BCUT2D eigenvalue weighted by Crippen LogP contribution is 2.44. The molecule has 0 atom stereocenters. The molecule has 3 N–H and O–H groups in total. The summed E-state index contributed by atoms with van der Waals surface area (Å²) >= 11 is 0. The van der Waals surface area contributed by atoms with Gasteiger partial charge in [0.25, 0.3) is 0 Å². The molecule has 1 aliphatic carbocycles. The molecule has 2 aromatic rings. The van der Waals surface area contributed by atoms with Crippen molar-refractivity contribution in [2.24, 2.45) is 5.73 Å². The number of hydrogen-bond acceptors (Lipinski definition) is 3. The van der Waals surface area contributed by atoms with Crippen LogP contribution in [0.25, 0.3) is 5.69 Å². The second-order valence-electron chi connectivity index (χ2n) is 4.82. The van der Waals surface area contributed by atoms with E-state index in [2.05, 4.69) is 10.4 Å². The van der Waals surface area contributed by atoms with Crippen molar-refractivity contribution in [3.8, 4) is 5.69 Å². The van der Waals surface area contributed by atoms with Crippen molar-refractivity contribution in [3.05, 3.63) is 42.0 Å². The SMILES string of the molecule is NCCNc1cnn(-c2cccc(F)c2)c1C1CC1. The molecule has 0 spiro atoms. The summed E-state index contributed by atoms with van der Waals surface area (Å²) in [5.74, 6) is 0.275. The van der Waals surface area contributed by atoms with E-state index >= 15 is 0 Å². The van der Waals surface area contributed by atoms with E-state index in [0.717, 1.165) is 29.9 Å². The van der Waals surface area contributed by atoms with Crippen molar-refractivity contribution in [2.45, 2.75) is 18.8 Å². The van der Waals surface area contributed by atoms with Crippen molar-refractivity contribution in [2.75, 3.05) is 18.4 Å². The smallest absolute Gasteiger partial charge is 0.125 e. The third-order valence-electron chi connectivity index (χ3n) is 3.28. The molecule has 5 heteroatoms. The zero-order chi connectivity index (χ0) is 13.2. The van der Waals surface area contributed by atoms with Gasteiger partial charge < -0.3 is 11.1 Å². The first kappa shape index (κ1) is 12.2. The Morgan fingerprint density at radius 2 is 2.26 bits per heavy atom. The van der Waals surface area contributed by atoms with Gasteiger partial charge in [-0.2, -0.15) is 5.10 Å². The number of hydrogen-bond donors (Lipinski definition) is 2. The Morgan fingerprint density at radius 1 is 1.42 bits per heavy atom. The van der Waals surface area contributed by atoms with Gasteiger partial charge in [0.2, 0.25) is 0 Å². The van der Waals surface area contributed by atoms with Crippen LogP contribution < -0.4 is 11.1 Å². The Bertz CT molecular complexity index is 575. The lowest BCUT2D eigenvalue weighted by atomic mass is 10.2. The van der Waals surface area contributed by atoms with E-state index in [9.17, 15) is 4.39 Å². The number of aromatic nitrogens is 2. The number of benzene rings is 1. The molecule has 1 heterocycles. The van der Waals surface area contributed by atoms with E-state index < -0.39 is 0 Å². The van der Waals surface area contributed by atoms with Gasteiger partial charge in [-0.05, 0) is 31.0 Å². The van der Waals surface area contributed by atoms with Gasteiger partial charge in [-0.15, -0.1) is 0 Å². The van der Waals surface area contributed by atoms with Crippen LogP contribution in [-0.2, 0) is 0 Å². The maximum atomic E-state index is 13.3. The van der Waals surface area contributed by atoms with Crippen LogP contribution in [0.1, 0.15) is 24.5 Å². The number of rotatable bonds is 5. The minimum absolute atomic E-state index is 0.244. The van der Waals surface area contributed by atoms with Gasteiger partial charge in [0.1, 0.15) is 5.82 Å². The van der Waals surface area contributed by atoms with Gasteiger partial charge in [-0.25, -0.2) is 9.07 Å². The molecule has 19 heavy (non-hydrogen) atoms. The molecule has 0 aliphatic heterocycles. The fourth-order valence-electron chi connectivity index (χ4n) is 2.26. The van der Waals surface area contributed by atoms with Crippen molar-refractivity contribution in [3.63, 3.8) is 0 Å². The lowest BCUT2D eigenvalue weighted by molar-refractivity contribution is 0.624. The molecule has 4 nitrogen and oxygen atoms in total. The fourth-order valence-corrected chi connectivity index (χ4v) is 2.26. The lowest BCUT2D eigenvalue weighted by Gasteiger charge is -2.10. The lowest BCUT2D eigenvalue weighted by Crippen LogP contribution is -2.14. The molecule has 1 saturated carbocycles. The van der Waals surface area contributed by atoms with Gasteiger partial charge in [-0.1, -0.05) is 6.07 Å². The molecule has 1 aromatic carbocycles. The highest BCUT2D eigenvalue weighted by Gasteiger charge is 2.30. The zero-order valence-corrected chi connectivity index (χ0v) is 10.6. The summed E-state index contributed by atoms with van der Waals surface area (Å²) < 4.78 is 15.2. The summed E-state index contributed by atoms with van der Waals surface area (Å²) in [6, 6.07) is 6.52. The summed E-state index contributed by atoms with van der Waals surface area (Å²) in [5.41, 5.74) is 8.43. The Morgan fingerprint density at radius 3 is 2.95 bits per heavy atom. The van der Waals surface area contributed by atoms with Crippen LogP contribution in [0.15, 0.2) is 30.5 Å². The highest BCUT2D eigenvalue weighted by molar-refractivity contribution is 5.53. The minimum Gasteiger partial charge on any atom is -0.381 e. The largest absolute Gasteiger partial charge is 0.381 e. The standard InChI is InChI=1S/C14H17FN4/c15-11-2-1-3-12(8-11)19-14(10-4-5-10)13(9-18-19)17-7-6-16/h1-3,8-10,17H,4-7,16H2. The molecule has 0 amide bonds. The van der Waals surface area contributed by atoms with E-state index in [1.165, 1.54) is 12.1 Å². The number of anilines is 1. The van der Waals surface area contributed by atoms with Crippen molar-refractivity contribution >= 4 is 5.69 Å². The predicted molar refractivity (Wildman–Crippen MR) is 73.0 cm³/mol. The highest BCUT2D eigenvalue weighted by atomic mass is 19.1. The Hall–Kier alpha value is -1.88. The van der Waals surface area contributed by atoms with Gasteiger partial charge >= 0.3 is 0 Å². The molecular weight excluding hydrogens is 243 g/mol. The molecular formula is C14H17FN4. The normalized spacial score (nSPS) is 14.6. The third kappa shape index (κ3) is 2.46. The second-order valence-corrected chi connectivity index (χ2v) is 4.82. The molecule has 1 aromatic heterocycles. The topological polar surface area (TPSA) is 55.9 Å². The second kappa shape index (κ2) is 5.01. The van der Waals surface area contributed by atoms with Crippen molar-refractivity contribution < 1.29 is 4.39 Å². The van der Waals surface area contributed by atoms with Gasteiger partial charge in [0, 0.05) is 19.0 Å². The van der Waals surface area contributed by atoms with Gasteiger partial charge in [0.15, 0.2) is 0 Å². The van der Waals surface area contributed by atoms with E-state index in [0.29, 0.717) is 19.0 Å². The first-order chi connectivity index (χ1) is 9.29. The van der Waals surface area contributed by atoms with E-state index in [1.807, 2.05) is 10.7 Å². The molecule has 0 bridgehead atoms. The van der Waals surface area contributed by atoms with Crippen molar-refractivity contribution in [1.29, 1.82) is 0 Å². The first-order valence-electron chi connectivity index (χ1n) is 6.57. The molecule has 100 valence electrons. The van der Waals surface area contributed by atoms with Crippen LogP contribution in [0.2, 0.25) is 0 Å². The number of halogens is 1. The average Bonchev–Trinajstić information content (AvgIpc) is 3.16. The first-order valence-corrected chi connectivity index (χ1v) is 6.57. The minimum atomic E-state index is -0.244. The Balaban J connectivity index is 1.99. The third-order valence-corrected chi connectivity index (χ3v) is 3.28. The summed E-state index contributed by atoms with van der Waals surface area (Å²) in [4.78, 5) is 0. The van der Waals surface area contributed by atoms with E-state index in [1.54, 1.807) is 12.3 Å². The maximum absolute atomic E-state index is 13.3. The van der Waals surface area contributed by atoms with Gasteiger partial charge in [0.05, 0.1) is 23.3 Å². The number of nitrogens with two attached hydrogens (primary N) is 1. The van der Waals surface area contributed by atoms with Crippen LogP contribution in [0.3, 0.4) is 0 Å². The van der Waals surface area contributed by atoms with E-state index in [-0.39, 0.29) is 5.82 Å². The van der Waals surface area contributed by atoms with Crippen molar-refractivity contribution in [1.82, 2.24) is 9.78 Å². The quantitative estimate of drug-likeness (QED) is 0.867. The summed E-state index contributed by atoms with van der Waals surface area (Å²) in [5, 5.41) is 7.68. The van der Waals surface area contributed by atoms with Gasteiger partial charge in [-0.3, -0.25) is 0 Å². The van der Waals surface area contributed by atoms with E-state index in [4.69, 9.17) is 5.73 Å². The summed E-state index contributed by atoms with van der Waals surface area (Å²) in [6.07, 6.45) is 4.13. The summed E-state index contributed by atoms with van der Waals surface area (Å²) in [6.45, 7) is 1.30. The predicted octanol–water partition coefficient (Wildman–Crippen LogP) is 2.26. The van der Waals surface area contributed by atoms with Crippen LogP contribution in [0, 0.1) is 5.82 Å². The monoisotopic (exact) mass is 260 g/mol. The number of nitrogens with one attached hydrogen (secondary N) is 1. The zero-order valence-electron chi connectivity index (χ0n) is 10.6. The van der Waals surface area contributed by atoms with Crippen LogP contribution in [0.4, 0.5) is 10.1 Å². The average molecular weight is 260 g/mol. The molecule has 0 unspecified atom stereocenters. The van der Waals surface area contributed by atoms with Crippen LogP contribution in [-0.4, -0.2) is 22.9 Å². The van der Waals surface area contributed by atoms with Crippen LogP contribution in [0.5, 0.6) is 0 Å². The molecule has 0 radical (unpaired) electrons. The molecule has 3 rings (SSSR count). The Labute approximate surface area is 111 Å². The maximum Gasteiger partial charge on any atom is 0.125 e. The Kier molecular flexibility index (Phi) is 3.21. The van der Waals surface area contributed by atoms with Crippen LogP contribution >= 0.6 is 0 Å². The molecule has 1 aliphatic rings. The fraction of sp³-hybridized carbons (Fsp3) is 0.357.